The molecular weight excluding hydrogens is 404 g/mol. The van der Waals surface area contributed by atoms with Crippen LogP contribution in [0.1, 0.15) is 23.3 Å². The smallest absolute Gasteiger partial charge is 0.252 e. The molecule has 0 spiro atoms. The first-order valence-corrected chi connectivity index (χ1v) is 11.6. The highest BCUT2D eigenvalue weighted by Gasteiger charge is 2.33. The molecular formula is C19H23ClN2O3S2. The molecule has 1 fully saturated rings. The Morgan fingerprint density at radius 3 is 2.67 bits per heavy atom. The van der Waals surface area contributed by atoms with Crippen molar-refractivity contribution in [1.82, 2.24) is 9.62 Å². The molecule has 0 bridgehead atoms. The third kappa shape index (κ3) is 5.10. The summed E-state index contributed by atoms with van der Waals surface area (Å²) in [5.41, 5.74) is 1.10. The maximum Gasteiger partial charge on any atom is 0.252 e. The number of hydrogen-bond donors (Lipinski definition) is 1. The van der Waals surface area contributed by atoms with Crippen LogP contribution < -0.4 is 5.32 Å². The average molecular weight is 427 g/mol. The van der Waals surface area contributed by atoms with Crippen LogP contribution in [0.3, 0.4) is 0 Å². The molecule has 1 amide bonds. The Balaban J connectivity index is 1.55. The zero-order valence-corrected chi connectivity index (χ0v) is 17.5. The van der Waals surface area contributed by atoms with Gasteiger partial charge in [0.25, 0.3) is 10.0 Å². The molecule has 3 rings (SSSR count). The number of carbonyl (C=O) groups excluding carboxylic acids is 1. The zero-order chi connectivity index (χ0) is 19.4. The van der Waals surface area contributed by atoms with E-state index in [0.717, 1.165) is 10.4 Å². The number of thiophene rings is 1. The highest BCUT2D eigenvalue weighted by atomic mass is 35.5. The molecule has 5 nitrogen and oxygen atoms in total. The lowest BCUT2D eigenvalue weighted by atomic mass is 9.99. The minimum absolute atomic E-state index is 0.0776. The maximum absolute atomic E-state index is 12.8. The molecule has 0 unspecified atom stereocenters. The summed E-state index contributed by atoms with van der Waals surface area (Å²) in [6.07, 6.45) is 2.12. The standard InChI is InChI=1S/C19H23ClN2O3S2/c1-14-4-9-18(26-14)27(24,25)22-12-2-3-16(13-22)19(23)21-11-10-15-5-7-17(20)8-6-15/h4-9,16H,2-3,10-13H2,1H3,(H,21,23)/t16-/m0/s1. The summed E-state index contributed by atoms with van der Waals surface area (Å²) in [5.74, 6) is -0.383. The molecule has 1 aliphatic heterocycles. The van der Waals surface area contributed by atoms with E-state index in [9.17, 15) is 13.2 Å². The van der Waals surface area contributed by atoms with Gasteiger partial charge in [-0.05, 0) is 56.0 Å². The summed E-state index contributed by atoms with van der Waals surface area (Å²) in [5, 5.41) is 3.63. The Kier molecular flexibility index (Phi) is 6.57. The second-order valence-electron chi connectivity index (χ2n) is 6.73. The number of carbonyl (C=O) groups is 1. The number of rotatable bonds is 6. The lowest BCUT2D eigenvalue weighted by Gasteiger charge is -2.30. The van der Waals surface area contributed by atoms with Gasteiger partial charge >= 0.3 is 0 Å². The monoisotopic (exact) mass is 426 g/mol. The number of nitrogens with zero attached hydrogens (tertiary/aromatic N) is 1. The molecule has 8 heteroatoms. The number of benzene rings is 1. The van der Waals surface area contributed by atoms with Crippen LogP contribution in [-0.2, 0) is 21.2 Å². The number of aryl methyl sites for hydroxylation is 1. The fraction of sp³-hybridized carbons (Fsp3) is 0.421. The Hall–Kier alpha value is -1.41. The Morgan fingerprint density at radius 1 is 1.26 bits per heavy atom. The average Bonchev–Trinajstić information content (AvgIpc) is 3.10. The van der Waals surface area contributed by atoms with E-state index in [2.05, 4.69) is 5.32 Å². The molecule has 1 atom stereocenters. The summed E-state index contributed by atoms with van der Waals surface area (Å²) in [6.45, 7) is 3.12. The highest BCUT2D eigenvalue weighted by Crippen LogP contribution is 2.28. The first-order valence-electron chi connectivity index (χ1n) is 8.95. The fourth-order valence-electron chi connectivity index (χ4n) is 3.18. The summed E-state index contributed by atoms with van der Waals surface area (Å²) in [6, 6.07) is 11.0. The van der Waals surface area contributed by atoms with Crippen molar-refractivity contribution in [2.45, 2.75) is 30.4 Å². The van der Waals surface area contributed by atoms with Crippen LogP contribution in [0.15, 0.2) is 40.6 Å². The van der Waals surface area contributed by atoms with Gasteiger partial charge in [0.2, 0.25) is 5.91 Å². The summed E-state index contributed by atoms with van der Waals surface area (Å²) < 4.78 is 27.4. The fourth-order valence-corrected chi connectivity index (χ4v) is 6.27. The van der Waals surface area contributed by atoms with Crippen LogP contribution in [0.4, 0.5) is 0 Å². The van der Waals surface area contributed by atoms with Gasteiger partial charge in [0.15, 0.2) is 0 Å². The van der Waals surface area contributed by atoms with Gasteiger partial charge in [-0.15, -0.1) is 11.3 Å². The second kappa shape index (κ2) is 8.73. The molecule has 1 aliphatic rings. The van der Waals surface area contributed by atoms with E-state index in [-0.39, 0.29) is 18.4 Å². The molecule has 0 saturated carbocycles. The molecule has 1 saturated heterocycles. The minimum atomic E-state index is -3.52. The normalized spacial score (nSPS) is 18.4. The van der Waals surface area contributed by atoms with Gasteiger partial charge in [0.1, 0.15) is 4.21 Å². The largest absolute Gasteiger partial charge is 0.355 e. The molecule has 27 heavy (non-hydrogen) atoms. The van der Waals surface area contributed by atoms with Gasteiger partial charge in [-0.3, -0.25) is 4.79 Å². The van der Waals surface area contributed by atoms with Crippen molar-refractivity contribution in [3.8, 4) is 0 Å². The number of amides is 1. The summed E-state index contributed by atoms with van der Waals surface area (Å²) in [4.78, 5) is 13.5. The van der Waals surface area contributed by atoms with E-state index >= 15 is 0 Å². The second-order valence-corrected chi connectivity index (χ2v) is 10.6. The first-order chi connectivity index (χ1) is 12.9. The van der Waals surface area contributed by atoms with E-state index in [1.165, 1.54) is 15.6 Å². The quantitative estimate of drug-likeness (QED) is 0.769. The van der Waals surface area contributed by atoms with Crippen LogP contribution in [0.2, 0.25) is 5.02 Å². The van der Waals surface area contributed by atoms with Crippen molar-refractivity contribution in [2.24, 2.45) is 5.92 Å². The molecule has 0 aliphatic carbocycles. The molecule has 1 aromatic carbocycles. The number of nitrogens with one attached hydrogen (secondary N) is 1. The predicted molar refractivity (Wildman–Crippen MR) is 109 cm³/mol. The Morgan fingerprint density at radius 2 is 2.00 bits per heavy atom. The topological polar surface area (TPSA) is 66.5 Å². The number of hydrogen-bond acceptors (Lipinski definition) is 4. The van der Waals surface area contributed by atoms with Crippen molar-refractivity contribution < 1.29 is 13.2 Å². The van der Waals surface area contributed by atoms with E-state index in [0.29, 0.717) is 41.6 Å². The lowest BCUT2D eigenvalue weighted by molar-refractivity contribution is -0.126. The van der Waals surface area contributed by atoms with Crippen molar-refractivity contribution in [3.05, 3.63) is 51.9 Å². The predicted octanol–water partition coefficient (Wildman–Crippen LogP) is 3.47. The SMILES string of the molecule is Cc1ccc(S(=O)(=O)N2CCC[C@H](C(=O)NCCc3ccc(Cl)cc3)C2)s1. The van der Waals surface area contributed by atoms with Gasteiger partial charge in [-0.1, -0.05) is 23.7 Å². The number of halogens is 1. The molecule has 1 N–H and O–H groups in total. The number of piperidine rings is 1. The summed E-state index contributed by atoms with van der Waals surface area (Å²) in [7, 11) is -3.52. The van der Waals surface area contributed by atoms with Crippen molar-refractivity contribution in [2.75, 3.05) is 19.6 Å². The number of sulfonamides is 1. The lowest BCUT2D eigenvalue weighted by Crippen LogP contribution is -2.45. The molecule has 1 aromatic heterocycles. The third-order valence-corrected chi connectivity index (χ3v) is 8.28. The molecule has 2 heterocycles. The highest BCUT2D eigenvalue weighted by molar-refractivity contribution is 7.91. The van der Waals surface area contributed by atoms with E-state index in [1.807, 2.05) is 37.3 Å². The van der Waals surface area contributed by atoms with Crippen molar-refractivity contribution in [1.29, 1.82) is 0 Å². The van der Waals surface area contributed by atoms with Crippen LogP contribution in [0, 0.1) is 12.8 Å². The van der Waals surface area contributed by atoms with Gasteiger partial charge < -0.3 is 5.32 Å². The van der Waals surface area contributed by atoms with Crippen molar-refractivity contribution >= 4 is 38.9 Å². The minimum Gasteiger partial charge on any atom is -0.355 e. The zero-order valence-electron chi connectivity index (χ0n) is 15.2. The third-order valence-electron chi connectivity index (χ3n) is 4.69. The van der Waals surface area contributed by atoms with Crippen LogP contribution in [-0.4, -0.2) is 38.3 Å². The Labute approximate surface area is 169 Å². The van der Waals surface area contributed by atoms with E-state index in [1.54, 1.807) is 6.07 Å². The van der Waals surface area contributed by atoms with Gasteiger partial charge in [0.05, 0.1) is 5.92 Å². The molecule has 2 aromatic rings. The van der Waals surface area contributed by atoms with Crippen LogP contribution in [0.25, 0.3) is 0 Å². The van der Waals surface area contributed by atoms with Gasteiger partial charge in [-0.2, -0.15) is 4.31 Å². The first kappa shape index (κ1) is 20.3. The van der Waals surface area contributed by atoms with Crippen LogP contribution >= 0.6 is 22.9 Å². The maximum atomic E-state index is 12.8. The van der Waals surface area contributed by atoms with Gasteiger partial charge in [0, 0.05) is 29.5 Å². The van der Waals surface area contributed by atoms with Gasteiger partial charge in [-0.25, -0.2) is 8.42 Å². The van der Waals surface area contributed by atoms with E-state index in [4.69, 9.17) is 11.6 Å². The molecule has 0 radical (unpaired) electrons. The van der Waals surface area contributed by atoms with Crippen LogP contribution in [0.5, 0.6) is 0 Å². The van der Waals surface area contributed by atoms with E-state index < -0.39 is 10.0 Å². The summed E-state index contributed by atoms with van der Waals surface area (Å²) >= 11 is 7.14. The Bertz CT molecular complexity index is 894. The van der Waals surface area contributed by atoms with Crippen molar-refractivity contribution in [3.63, 3.8) is 0 Å². The molecule has 146 valence electrons.